The van der Waals surface area contributed by atoms with Crippen LogP contribution < -0.4 is 5.32 Å². The van der Waals surface area contributed by atoms with E-state index in [4.69, 9.17) is 4.98 Å². The number of pyridine rings is 1. The predicted molar refractivity (Wildman–Crippen MR) is 118 cm³/mol. The third-order valence-electron chi connectivity index (χ3n) is 5.67. The molecule has 1 aliphatic rings. The normalized spacial score (nSPS) is 15.1. The van der Waals surface area contributed by atoms with Gasteiger partial charge in [-0.05, 0) is 43.9 Å². The first-order valence-electron chi connectivity index (χ1n) is 10.2. The molecule has 3 heterocycles. The molecule has 7 nitrogen and oxygen atoms in total. The highest BCUT2D eigenvalue weighted by molar-refractivity contribution is 7.23. The Hall–Kier alpha value is -2.84. The van der Waals surface area contributed by atoms with E-state index < -0.39 is 6.10 Å². The molecule has 0 unspecified atom stereocenters. The number of anilines is 1. The van der Waals surface area contributed by atoms with E-state index in [2.05, 4.69) is 15.3 Å². The number of hydrogen-bond donors (Lipinski definition) is 2. The number of aliphatic hydroxyl groups is 1. The number of nitrogens with one attached hydrogen (secondary N) is 1. The number of rotatable bonds is 5. The van der Waals surface area contributed by atoms with Crippen LogP contribution in [0.15, 0.2) is 24.7 Å². The molecular formula is C22H23N5O2S. The van der Waals surface area contributed by atoms with Gasteiger partial charge in [0.2, 0.25) is 5.91 Å². The van der Waals surface area contributed by atoms with Crippen LogP contribution in [0, 0.1) is 12.8 Å². The van der Waals surface area contributed by atoms with Crippen LogP contribution in [0.2, 0.25) is 0 Å². The number of imidazole rings is 1. The minimum Gasteiger partial charge on any atom is -0.387 e. The second-order valence-corrected chi connectivity index (χ2v) is 8.95. The van der Waals surface area contributed by atoms with Crippen LogP contribution in [0.25, 0.3) is 32.4 Å². The number of amides is 1. The number of thiazole rings is 1. The highest BCUT2D eigenvalue weighted by Crippen LogP contribution is 2.39. The van der Waals surface area contributed by atoms with Crippen molar-refractivity contribution in [3.8, 4) is 11.1 Å². The van der Waals surface area contributed by atoms with E-state index in [1.165, 1.54) is 11.3 Å². The van der Waals surface area contributed by atoms with Gasteiger partial charge in [-0.1, -0.05) is 18.3 Å². The summed E-state index contributed by atoms with van der Waals surface area (Å²) in [5, 5.41) is 13.7. The van der Waals surface area contributed by atoms with Crippen LogP contribution in [-0.4, -0.2) is 30.5 Å². The molecule has 5 rings (SSSR count). The highest BCUT2D eigenvalue weighted by Gasteiger charge is 2.30. The lowest BCUT2D eigenvalue weighted by Gasteiger charge is -2.12. The summed E-state index contributed by atoms with van der Waals surface area (Å²) in [5.41, 5.74) is 6.31. The molecule has 2 N–H and O–H groups in total. The molecule has 1 aliphatic carbocycles. The molecule has 1 saturated carbocycles. The van der Waals surface area contributed by atoms with Crippen LogP contribution >= 0.6 is 11.3 Å². The first-order chi connectivity index (χ1) is 14.5. The summed E-state index contributed by atoms with van der Waals surface area (Å²) < 4.78 is 2.99. The average molecular weight is 422 g/mol. The van der Waals surface area contributed by atoms with E-state index in [1.807, 2.05) is 37.6 Å². The molecule has 154 valence electrons. The number of fused-ring (bicyclic) bond motifs is 3. The summed E-state index contributed by atoms with van der Waals surface area (Å²) in [7, 11) is 1.96. The van der Waals surface area contributed by atoms with Gasteiger partial charge in [0.05, 0.1) is 39.4 Å². The van der Waals surface area contributed by atoms with Crippen LogP contribution in [0.5, 0.6) is 0 Å². The molecule has 0 radical (unpaired) electrons. The van der Waals surface area contributed by atoms with Crippen molar-refractivity contribution in [1.29, 1.82) is 0 Å². The van der Waals surface area contributed by atoms with Gasteiger partial charge in [0, 0.05) is 30.3 Å². The second-order valence-electron chi connectivity index (χ2n) is 7.96. The van der Waals surface area contributed by atoms with Crippen molar-refractivity contribution in [3.63, 3.8) is 0 Å². The van der Waals surface area contributed by atoms with Crippen molar-refractivity contribution in [2.24, 2.45) is 13.0 Å². The van der Waals surface area contributed by atoms with Gasteiger partial charge in [0.25, 0.3) is 0 Å². The summed E-state index contributed by atoms with van der Waals surface area (Å²) in [6, 6.07) is 3.96. The topological polar surface area (TPSA) is 92.9 Å². The lowest BCUT2D eigenvalue weighted by Crippen LogP contribution is -2.12. The minimum atomic E-state index is -0.564. The van der Waals surface area contributed by atoms with Gasteiger partial charge in [-0.3, -0.25) is 9.78 Å². The predicted octanol–water partition coefficient (Wildman–Crippen LogP) is 4.35. The van der Waals surface area contributed by atoms with Gasteiger partial charge in [0.1, 0.15) is 0 Å². The zero-order chi connectivity index (χ0) is 21.0. The van der Waals surface area contributed by atoms with E-state index in [0.717, 1.165) is 50.8 Å². The van der Waals surface area contributed by atoms with Crippen molar-refractivity contribution < 1.29 is 9.90 Å². The third-order valence-corrected chi connectivity index (χ3v) is 6.66. The number of carbonyl (C=O) groups excluding carboxylic acids is 1. The van der Waals surface area contributed by atoms with Gasteiger partial charge < -0.3 is 15.0 Å². The van der Waals surface area contributed by atoms with Crippen LogP contribution in [0.3, 0.4) is 0 Å². The molecule has 4 aromatic rings. The molecule has 0 spiro atoms. The van der Waals surface area contributed by atoms with E-state index >= 15 is 0 Å². The molecule has 1 aromatic carbocycles. The van der Waals surface area contributed by atoms with Crippen molar-refractivity contribution in [1.82, 2.24) is 19.5 Å². The van der Waals surface area contributed by atoms with Gasteiger partial charge in [-0.15, -0.1) is 0 Å². The Morgan fingerprint density at radius 1 is 1.33 bits per heavy atom. The summed E-state index contributed by atoms with van der Waals surface area (Å²) in [5.74, 6) is 0.190. The van der Waals surface area contributed by atoms with Crippen molar-refractivity contribution >= 4 is 43.6 Å². The maximum atomic E-state index is 12.2. The number of hydrogen-bond acceptors (Lipinski definition) is 6. The molecule has 8 heteroatoms. The Labute approximate surface area is 177 Å². The summed E-state index contributed by atoms with van der Waals surface area (Å²) in [4.78, 5) is 26.0. The maximum Gasteiger partial charge on any atom is 0.229 e. The zero-order valence-electron chi connectivity index (χ0n) is 17.1. The molecule has 1 atom stereocenters. The third kappa shape index (κ3) is 3.16. The lowest BCUT2D eigenvalue weighted by atomic mass is 9.99. The standard InChI is InChI=1S/C22H23N5O2S/c1-4-17(28)15-7-11(2)14(9-23-15)13-8-16-20(19-18(13)24-10-27(19)3)30-22(25-16)26-21(29)12-5-6-12/h7-10,12,17,28H,4-6H2,1-3H3,(H,25,26,29)/t17-/m0/s1. The average Bonchev–Trinajstić information content (AvgIpc) is 3.41. The number of aryl methyl sites for hydroxylation is 2. The number of aromatic nitrogens is 4. The van der Waals surface area contributed by atoms with Gasteiger partial charge >= 0.3 is 0 Å². The number of benzene rings is 1. The molecular weight excluding hydrogens is 398 g/mol. The Kier molecular flexibility index (Phi) is 4.56. The van der Waals surface area contributed by atoms with Crippen molar-refractivity contribution in [2.45, 2.75) is 39.2 Å². The SMILES string of the molecule is CC[C@H](O)c1cc(C)c(-c2cc3nc(NC(=O)C4CC4)sc3c3c2ncn3C)cn1. The Balaban J connectivity index is 1.65. The first kappa shape index (κ1) is 19.1. The van der Waals surface area contributed by atoms with E-state index in [0.29, 0.717) is 17.2 Å². The quantitative estimate of drug-likeness (QED) is 0.500. The Morgan fingerprint density at radius 3 is 2.83 bits per heavy atom. The molecule has 0 bridgehead atoms. The van der Waals surface area contributed by atoms with E-state index in [-0.39, 0.29) is 11.8 Å². The lowest BCUT2D eigenvalue weighted by molar-refractivity contribution is -0.117. The fraction of sp³-hybridized carbons (Fsp3) is 0.364. The molecule has 1 amide bonds. The Morgan fingerprint density at radius 2 is 2.13 bits per heavy atom. The molecule has 3 aromatic heterocycles. The summed E-state index contributed by atoms with van der Waals surface area (Å²) >= 11 is 1.48. The van der Waals surface area contributed by atoms with Crippen molar-refractivity contribution in [3.05, 3.63) is 35.9 Å². The minimum absolute atomic E-state index is 0.0562. The number of aliphatic hydroxyl groups excluding tert-OH is 1. The molecule has 0 aliphatic heterocycles. The van der Waals surface area contributed by atoms with Gasteiger partial charge in [-0.2, -0.15) is 0 Å². The summed E-state index contributed by atoms with van der Waals surface area (Å²) in [6.45, 7) is 3.95. The maximum absolute atomic E-state index is 12.2. The van der Waals surface area contributed by atoms with E-state index in [9.17, 15) is 9.90 Å². The molecule has 30 heavy (non-hydrogen) atoms. The van der Waals surface area contributed by atoms with Crippen LogP contribution in [-0.2, 0) is 11.8 Å². The monoisotopic (exact) mass is 421 g/mol. The van der Waals surface area contributed by atoms with E-state index in [1.54, 1.807) is 12.5 Å². The van der Waals surface area contributed by atoms with Crippen molar-refractivity contribution in [2.75, 3.05) is 5.32 Å². The van der Waals surface area contributed by atoms with Crippen LogP contribution in [0.1, 0.15) is 43.5 Å². The Bertz CT molecular complexity index is 1290. The largest absolute Gasteiger partial charge is 0.387 e. The number of nitrogens with zero attached hydrogens (tertiary/aromatic N) is 4. The summed E-state index contributed by atoms with van der Waals surface area (Å²) in [6.07, 6.45) is 5.58. The number of carbonyl (C=O) groups is 1. The fourth-order valence-corrected chi connectivity index (χ4v) is 4.80. The zero-order valence-corrected chi connectivity index (χ0v) is 18.0. The second kappa shape index (κ2) is 7.14. The smallest absolute Gasteiger partial charge is 0.229 e. The fourth-order valence-electron chi connectivity index (χ4n) is 3.76. The molecule has 0 saturated heterocycles. The van der Waals surface area contributed by atoms with Gasteiger partial charge in [-0.25, -0.2) is 9.97 Å². The highest BCUT2D eigenvalue weighted by atomic mass is 32.1. The first-order valence-corrected chi connectivity index (χ1v) is 11.0. The van der Waals surface area contributed by atoms with Crippen LogP contribution in [0.4, 0.5) is 5.13 Å². The van der Waals surface area contributed by atoms with Gasteiger partial charge in [0.15, 0.2) is 5.13 Å². The molecule has 1 fully saturated rings.